The van der Waals surface area contributed by atoms with E-state index < -0.39 is 11.9 Å². The van der Waals surface area contributed by atoms with E-state index in [0.29, 0.717) is 0 Å². The molecule has 2 aromatic carbocycles. The van der Waals surface area contributed by atoms with E-state index in [1.165, 1.54) is 11.6 Å². The second-order valence-corrected chi connectivity index (χ2v) is 6.77. The van der Waals surface area contributed by atoms with Gasteiger partial charge >= 0.3 is 0 Å². The largest absolute Gasteiger partial charge is 0.393 e. The zero-order chi connectivity index (χ0) is 16.4. The molecule has 3 rings (SSSR count). The smallest absolute Gasteiger partial charge is 0.142 e. The maximum absolute atomic E-state index is 13.8. The van der Waals surface area contributed by atoms with Crippen LogP contribution in [0.15, 0.2) is 48.5 Å². The lowest BCUT2D eigenvalue weighted by Gasteiger charge is -2.21. The van der Waals surface area contributed by atoms with Crippen molar-refractivity contribution in [2.24, 2.45) is 5.92 Å². The van der Waals surface area contributed by atoms with Crippen molar-refractivity contribution in [1.82, 2.24) is 4.90 Å². The first-order valence-corrected chi connectivity index (χ1v) is 8.31. The number of benzene rings is 2. The highest BCUT2D eigenvalue weighted by atomic mass is 35.5. The minimum absolute atomic E-state index is 0.0966. The third kappa shape index (κ3) is 3.74. The molecule has 3 atom stereocenters. The Hall–Kier alpha value is -1.42. The molecule has 1 N–H and O–H groups in total. The Morgan fingerprint density at radius 2 is 1.96 bits per heavy atom. The van der Waals surface area contributed by atoms with Gasteiger partial charge in [0, 0.05) is 31.5 Å². The van der Waals surface area contributed by atoms with Crippen LogP contribution in [-0.4, -0.2) is 29.2 Å². The first-order chi connectivity index (χ1) is 11.0. The summed E-state index contributed by atoms with van der Waals surface area (Å²) in [6.07, 6.45) is -0.431. The fourth-order valence-corrected chi connectivity index (χ4v) is 3.59. The lowest BCUT2D eigenvalue weighted by molar-refractivity contribution is 0.120. The Balaban J connectivity index is 1.79. The topological polar surface area (TPSA) is 23.5 Å². The Morgan fingerprint density at radius 3 is 2.61 bits per heavy atom. The Bertz CT molecular complexity index is 662. The third-order valence-corrected chi connectivity index (χ3v) is 4.99. The molecule has 0 radical (unpaired) electrons. The summed E-state index contributed by atoms with van der Waals surface area (Å²) in [7, 11) is 0. The number of aliphatic hydroxyl groups excluding tert-OH is 1. The van der Waals surface area contributed by atoms with Gasteiger partial charge in [-0.05, 0) is 30.2 Å². The molecule has 2 nitrogen and oxygen atoms in total. The van der Waals surface area contributed by atoms with E-state index in [2.05, 4.69) is 17.0 Å². The predicted molar refractivity (Wildman–Crippen MR) is 91.0 cm³/mol. The van der Waals surface area contributed by atoms with E-state index in [9.17, 15) is 9.50 Å². The van der Waals surface area contributed by atoms with Crippen molar-refractivity contribution in [3.8, 4) is 0 Å². The number of nitrogens with zero attached hydrogens (tertiary/aromatic N) is 1. The molecule has 1 heterocycles. The molecule has 1 saturated heterocycles. The molecule has 4 heteroatoms. The number of likely N-dealkylation sites (tertiary alicyclic amines) is 1. The van der Waals surface area contributed by atoms with E-state index >= 15 is 0 Å². The van der Waals surface area contributed by atoms with Crippen molar-refractivity contribution in [3.05, 3.63) is 70.5 Å². The number of rotatable bonds is 4. The summed E-state index contributed by atoms with van der Waals surface area (Å²) in [5, 5.41) is 10.3. The van der Waals surface area contributed by atoms with Gasteiger partial charge in [-0.15, -0.1) is 0 Å². The van der Waals surface area contributed by atoms with Crippen LogP contribution in [0.4, 0.5) is 4.39 Å². The molecule has 0 saturated carbocycles. The molecule has 23 heavy (non-hydrogen) atoms. The zero-order valence-electron chi connectivity index (χ0n) is 13.1. The van der Waals surface area contributed by atoms with Crippen molar-refractivity contribution < 1.29 is 9.50 Å². The molecular formula is C19H21ClFNO. The predicted octanol–water partition coefficient (Wildman–Crippen LogP) is 4.08. The van der Waals surface area contributed by atoms with Crippen molar-refractivity contribution in [3.63, 3.8) is 0 Å². The highest BCUT2D eigenvalue weighted by molar-refractivity contribution is 6.30. The van der Waals surface area contributed by atoms with E-state index in [0.717, 1.165) is 25.2 Å². The molecule has 0 aliphatic carbocycles. The Labute approximate surface area is 141 Å². The van der Waals surface area contributed by atoms with Crippen LogP contribution in [0.25, 0.3) is 0 Å². The first-order valence-electron chi connectivity index (χ1n) is 7.94. The first kappa shape index (κ1) is 16.4. The summed E-state index contributed by atoms with van der Waals surface area (Å²) in [6, 6.07) is 15.3. The van der Waals surface area contributed by atoms with Crippen LogP contribution >= 0.6 is 11.6 Å². The Morgan fingerprint density at radius 1 is 1.22 bits per heavy atom. The van der Waals surface area contributed by atoms with Gasteiger partial charge in [0.05, 0.1) is 11.1 Å². The molecule has 1 aliphatic rings. The number of hydrogen-bond acceptors (Lipinski definition) is 2. The van der Waals surface area contributed by atoms with Crippen molar-refractivity contribution in [2.45, 2.75) is 25.5 Å². The van der Waals surface area contributed by atoms with Crippen LogP contribution in [0.2, 0.25) is 5.02 Å². The standard InChI is InChI=1S/C19H21ClFNO/c1-13(23)16-11-22(10-14-5-3-2-4-6-14)12-17(16)15-7-8-18(20)19(21)9-15/h2-9,13,16-17,23H,10-12H2,1H3. The van der Waals surface area contributed by atoms with E-state index in [1.54, 1.807) is 6.07 Å². The SMILES string of the molecule is CC(O)C1CN(Cc2ccccc2)CC1c1ccc(Cl)c(F)c1. The van der Waals surface area contributed by atoms with Crippen LogP contribution in [-0.2, 0) is 6.54 Å². The minimum Gasteiger partial charge on any atom is -0.393 e. The minimum atomic E-state index is -0.431. The van der Waals surface area contributed by atoms with Gasteiger partial charge in [0.1, 0.15) is 5.82 Å². The van der Waals surface area contributed by atoms with Gasteiger partial charge < -0.3 is 5.11 Å². The summed E-state index contributed by atoms with van der Waals surface area (Å²) in [5.74, 6) is -0.181. The van der Waals surface area contributed by atoms with Gasteiger partial charge in [-0.1, -0.05) is 48.0 Å². The van der Waals surface area contributed by atoms with Crippen LogP contribution in [0, 0.1) is 11.7 Å². The lowest BCUT2D eigenvalue weighted by Crippen LogP contribution is -2.25. The van der Waals surface area contributed by atoms with Gasteiger partial charge in [0.2, 0.25) is 0 Å². The van der Waals surface area contributed by atoms with Gasteiger partial charge in [-0.2, -0.15) is 0 Å². The fourth-order valence-electron chi connectivity index (χ4n) is 3.47. The van der Waals surface area contributed by atoms with Crippen LogP contribution in [0.5, 0.6) is 0 Å². The van der Waals surface area contributed by atoms with Crippen LogP contribution in [0.3, 0.4) is 0 Å². The lowest BCUT2D eigenvalue weighted by atomic mass is 9.86. The maximum atomic E-state index is 13.8. The monoisotopic (exact) mass is 333 g/mol. The molecule has 0 aromatic heterocycles. The van der Waals surface area contributed by atoms with E-state index in [-0.39, 0.29) is 16.9 Å². The summed E-state index contributed by atoms with van der Waals surface area (Å²) in [5.41, 5.74) is 2.16. The highest BCUT2D eigenvalue weighted by Crippen LogP contribution is 2.36. The van der Waals surface area contributed by atoms with Crippen molar-refractivity contribution in [2.75, 3.05) is 13.1 Å². The normalized spacial score (nSPS) is 23.1. The number of aliphatic hydroxyl groups is 1. The second kappa shape index (κ2) is 7.00. The number of halogens is 2. The van der Waals surface area contributed by atoms with Gasteiger partial charge in [0.15, 0.2) is 0 Å². The average Bonchev–Trinajstić information content (AvgIpc) is 2.95. The summed E-state index contributed by atoms with van der Waals surface area (Å²) in [6.45, 7) is 4.28. The molecule has 1 aliphatic heterocycles. The molecular weight excluding hydrogens is 313 g/mol. The summed E-state index contributed by atoms with van der Waals surface area (Å²) >= 11 is 5.79. The van der Waals surface area contributed by atoms with Gasteiger partial charge in [-0.25, -0.2) is 4.39 Å². The molecule has 0 amide bonds. The molecule has 0 spiro atoms. The van der Waals surface area contributed by atoms with E-state index in [1.807, 2.05) is 31.2 Å². The molecule has 2 aromatic rings. The average molecular weight is 334 g/mol. The van der Waals surface area contributed by atoms with Gasteiger partial charge in [0.25, 0.3) is 0 Å². The third-order valence-electron chi connectivity index (χ3n) is 4.68. The maximum Gasteiger partial charge on any atom is 0.142 e. The van der Waals surface area contributed by atoms with Crippen molar-refractivity contribution in [1.29, 1.82) is 0 Å². The highest BCUT2D eigenvalue weighted by Gasteiger charge is 2.36. The zero-order valence-corrected chi connectivity index (χ0v) is 13.9. The quantitative estimate of drug-likeness (QED) is 0.911. The second-order valence-electron chi connectivity index (χ2n) is 6.36. The summed E-state index contributed by atoms with van der Waals surface area (Å²) in [4.78, 5) is 2.32. The Kier molecular flexibility index (Phi) is 5.00. The van der Waals surface area contributed by atoms with E-state index in [4.69, 9.17) is 11.6 Å². The van der Waals surface area contributed by atoms with Crippen molar-refractivity contribution >= 4 is 11.6 Å². The van der Waals surface area contributed by atoms with Crippen LogP contribution < -0.4 is 0 Å². The molecule has 0 bridgehead atoms. The number of hydrogen-bond donors (Lipinski definition) is 1. The van der Waals surface area contributed by atoms with Crippen LogP contribution in [0.1, 0.15) is 24.0 Å². The molecule has 122 valence electrons. The molecule has 1 fully saturated rings. The van der Waals surface area contributed by atoms with Gasteiger partial charge in [-0.3, -0.25) is 4.90 Å². The fraction of sp³-hybridized carbons (Fsp3) is 0.368. The molecule has 3 unspecified atom stereocenters. The summed E-state index contributed by atoms with van der Waals surface area (Å²) < 4.78 is 13.8.